The maximum Gasteiger partial charge on any atom is 0.182 e. The molecule has 0 radical (unpaired) electrons. The fraction of sp³-hybridized carbons (Fsp3) is 0.296. The van der Waals surface area contributed by atoms with E-state index in [0.717, 1.165) is 31.2 Å². The molecule has 6 heteroatoms. The summed E-state index contributed by atoms with van der Waals surface area (Å²) < 4.78 is 11.8. The number of carbonyl (C=O) groups excluding carboxylic acids is 2. The van der Waals surface area contributed by atoms with Gasteiger partial charge in [-0.2, -0.15) is 0 Å². The van der Waals surface area contributed by atoms with Gasteiger partial charge in [-0.3, -0.25) is 14.6 Å². The van der Waals surface area contributed by atoms with Crippen molar-refractivity contribution in [3.05, 3.63) is 83.2 Å². The van der Waals surface area contributed by atoms with Crippen LogP contribution in [0.25, 0.3) is 0 Å². The van der Waals surface area contributed by atoms with Crippen molar-refractivity contribution in [2.24, 2.45) is 0 Å². The quantitative estimate of drug-likeness (QED) is 0.557. The van der Waals surface area contributed by atoms with Gasteiger partial charge in [0.1, 0.15) is 11.2 Å². The number of ketones is 2. The van der Waals surface area contributed by atoms with E-state index in [-0.39, 0.29) is 35.4 Å². The smallest absolute Gasteiger partial charge is 0.182 e. The molecule has 0 bridgehead atoms. The van der Waals surface area contributed by atoms with Crippen molar-refractivity contribution >= 4 is 11.6 Å². The molecule has 1 fully saturated rings. The zero-order chi connectivity index (χ0) is 23.0. The molecule has 3 aromatic rings. The molecule has 2 aliphatic carbocycles. The van der Waals surface area contributed by atoms with E-state index in [1.807, 2.05) is 12.1 Å². The molecule has 168 valence electrons. The van der Waals surface area contributed by atoms with E-state index in [1.165, 1.54) is 18.2 Å². The average Bonchev–Trinajstić information content (AvgIpc) is 3.41. The molecule has 6 nitrogen and oxygen atoms in total. The number of rotatable bonds is 6. The van der Waals surface area contributed by atoms with Crippen LogP contribution in [0.15, 0.2) is 60.9 Å². The number of benzene rings is 2. The number of pyridine rings is 1. The van der Waals surface area contributed by atoms with Crippen LogP contribution in [-0.4, -0.2) is 34.9 Å². The first kappa shape index (κ1) is 21.2. The SMILES string of the molecule is COc1ccc(C2(Cc3ccncc3)C(=O)c3ccc(O)cc3C2=O)cc1OC1CCCC1. The van der Waals surface area contributed by atoms with Crippen molar-refractivity contribution in [2.75, 3.05) is 7.11 Å². The van der Waals surface area contributed by atoms with E-state index in [0.29, 0.717) is 22.6 Å². The average molecular weight is 443 g/mol. The van der Waals surface area contributed by atoms with E-state index in [4.69, 9.17) is 9.47 Å². The highest BCUT2D eigenvalue weighted by atomic mass is 16.5. The molecule has 1 unspecified atom stereocenters. The van der Waals surface area contributed by atoms with Crippen molar-refractivity contribution in [3.63, 3.8) is 0 Å². The lowest BCUT2D eigenvalue weighted by Crippen LogP contribution is -2.40. The highest BCUT2D eigenvalue weighted by molar-refractivity contribution is 6.33. The summed E-state index contributed by atoms with van der Waals surface area (Å²) in [6.45, 7) is 0. The number of aromatic hydroxyl groups is 1. The maximum atomic E-state index is 13.9. The summed E-state index contributed by atoms with van der Waals surface area (Å²) in [6.07, 6.45) is 7.74. The molecule has 0 aliphatic heterocycles. The van der Waals surface area contributed by atoms with Gasteiger partial charge in [0.05, 0.1) is 13.2 Å². The van der Waals surface area contributed by atoms with Gasteiger partial charge in [0.15, 0.2) is 23.1 Å². The molecule has 1 saturated carbocycles. The first-order valence-electron chi connectivity index (χ1n) is 11.2. The molecular formula is C27H25NO5. The minimum absolute atomic E-state index is 0.0467. The van der Waals surface area contributed by atoms with Gasteiger partial charge in [-0.1, -0.05) is 6.07 Å². The predicted molar refractivity (Wildman–Crippen MR) is 122 cm³/mol. The Morgan fingerprint density at radius 3 is 2.39 bits per heavy atom. The third-order valence-corrected chi connectivity index (χ3v) is 6.74. The summed E-state index contributed by atoms with van der Waals surface area (Å²) in [5, 5.41) is 9.99. The first-order valence-corrected chi connectivity index (χ1v) is 11.2. The van der Waals surface area contributed by atoms with Crippen LogP contribution in [0.5, 0.6) is 17.2 Å². The second-order valence-corrected chi connectivity index (χ2v) is 8.72. The summed E-state index contributed by atoms with van der Waals surface area (Å²) in [5.74, 6) is 0.450. The van der Waals surface area contributed by atoms with E-state index in [1.54, 1.807) is 37.7 Å². The number of carbonyl (C=O) groups is 2. The van der Waals surface area contributed by atoms with Crippen molar-refractivity contribution < 1.29 is 24.2 Å². The second kappa shape index (κ2) is 8.35. The molecule has 2 aromatic carbocycles. The zero-order valence-electron chi connectivity index (χ0n) is 18.4. The first-order chi connectivity index (χ1) is 16.0. The highest BCUT2D eigenvalue weighted by Crippen LogP contribution is 2.45. The Hall–Kier alpha value is -3.67. The lowest BCUT2D eigenvalue weighted by atomic mass is 9.71. The van der Waals surface area contributed by atoms with Gasteiger partial charge in [-0.05, 0) is 85.7 Å². The second-order valence-electron chi connectivity index (χ2n) is 8.72. The van der Waals surface area contributed by atoms with E-state index < -0.39 is 5.41 Å². The van der Waals surface area contributed by atoms with Crippen LogP contribution in [0.1, 0.15) is 57.5 Å². The Kier molecular flexibility index (Phi) is 5.36. The summed E-state index contributed by atoms with van der Waals surface area (Å²) in [6, 6.07) is 13.3. The predicted octanol–water partition coefficient (Wildman–Crippen LogP) is 4.68. The number of hydrogen-bond acceptors (Lipinski definition) is 6. The van der Waals surface area contributed by atoms with E-state index >= 15 is 0 Å². The monoisotopic (exact) mass is 443 g/mol. The van der Waals surface area contributed by atoms with Crippen molar-refractivity contribution in [1.82, 2.24) is 4.98 Å². The number of phenols is 1. The number of Topliss-reactive ketones (excluding diaryl/α,β-unsaturated/α-hetero) is 2. The lowest BCUT2D eigenvalue weighted by molar-refractivity contribution is 0.0792. The largest absolute Gasteiger partial charge is 0.508 e. The van der Waals surface area contributed by atoms with Crippen LogP contribution in [0, 0.1) is 0 Å². The number of methoxy groups -OCH3 is 1. The minimum Gasteiger partial charge on any atom is -0.508 e. The van der Waals surface area contributed by atoms with E-state index in [9.17, 15) is 14.7 Å². The Balaban J connectivity index is 1.66. The molecular weight excluding hydrogens is 418 g/mol. The summed E-state index contributed by atoms with van der Waals surface area (Å²) in [5.41, 5.74) is 0.470. The number of phenolic OH excluding ortho intramolecular Hbond substituents is 1. The summed E-state index contributed by atoms with van der Waals surface area (Å²) >= 11 is 0. The molecule has 1 heterocycles. The van der Waals surface area contributed by atoms with Gasteiger partial charge in [0.2, 0.25) is 0 Å². The molecule has 1 N–H and O–H groups in total. The van der Waals surface area contributed by atoms with Gasteiger partial charge in [0, 0.05) is 23.5 Å². The third-order valence-electron chi connectivity index (χ3n) is 6.74. The van der Waals surface area contributed by atoms with Crippen LogP contribution < -0.4 is 9.47 Å². The standard InChI is InChI=1S/C27H25NO5/c1-32-23-9-6-18(14-24(23)33-20-4-2-3-5-20)27(16-17-10-12-28-13-11-17)25(30)21-8-7-19(29)15-22(21)26(27)31/h6-15,20,29H,2-5,16H2,1H3. The van der Waals surface area contributed by atoms with Gasteiger partial charge >= 0.3 is 0 Å². The maximum absolute atomic E-state index is 13.9. The molecule has 1 aromatic heterocycles. The van der Waals surface area contributed by atoms with Crippen LogP contribution in [0.3, 0.4) is 0 Å². The van der Waals surface area contributed by atoms with Crippen LogP contribution in [0.2, 0.25) is 0 Å². The molecule has 2 aliphatic rings. The Morgan fingerprint density at radius 2 is 1.67 bits per heavy atom. The molecule has 5 rings (SSSR count). The number of ether oxygens (including phenoxy) is 2. The topological polar surface area (TPSA) is 85.7 Å². The normalized spacial score (nSPS) is 20.2. The third kappa shape index (κ3) is 3.55. The van der Waals surface area contributed by atoms with Gasteiger partial charge in [-0.25, -0.2) is 0 Å². The van der Waals surface area contributed by atoms with Gasteiger partial charge in [-0.15, -0.1) is 0 Å². The summed E-state index contributed by atoms with van der Waals surface area (Å²) in [4.78, 5) is 31.8. The Labute approximate surface area is 192 Å². The Bertz CT molecular complexity index is 1220. The fourth-order valence-electron chi connectivity index (χ4n) is 5.03. The number of aromatic nitrogens is 1. The number of hydrogen-bond donors (Lipinski definition) is 1. The van der Waals surface area contributed by atoms with Gasteiger partial charge < -0.3 is 14.6 Å². The molecule has 0 saturated heterocycles. The summed E-state index contributed by atoms with van der Waals surface area (Å²) in [7, 11) is 1.58. The number of nitrogens with zero attached hydrogens (tertiary/aromatic N) is 1. The molecule has 0 spiro atoms. The van der Waals surface area contributed by atoms with Crippen molar-refractivity contribution in [2.45, 2.75) is 43.6 Å². The van der Waals surface area contributed by atoms with Crippen LogP contribution in [-0.2, 0) is 11.8 Å². The van der Waals surface area contributed by atoms with Crippen LogP contribution >= 0.6 is 0 Å². The molecule has 0 amide bonds. The number of fused-ring (bicyclic) bond motifs is 1. The van der Waals surface area contributed by atoms with Crippen molar-refractivity contribution in [3.8, 4) is 17.2 Å². The van der Waals surface area contributed by atoms with Crippen LogP contribution in [0.4, 0.5) is 0 Å². The van der Waals surface area contributed by atoms with Crippen molar-refractivity contribution in [1.29, 1.82) is 0 Å². The highest BCUT2D eigenvalue weighted by Gasteiger charge is 2.54. The van der Waals surface area contributed by atoms with E-state index in [2.05, 4.69) is 4.98 Å². The lowest BCUT2D eigenvalue weighted by Gasteiger charge is -2.28. The van der Waals surface area contributed by atoms with Gasteiger partial charge in [0.25, 0.3) is 0 Å². The minimum atomic E-state index is -1.46. The fourth-order valence-corrected chi connectivity index (χ4v) is 5.03. The molecule has 1 atom stereocenters. The zero-order valence-corrected chi connectivity index (χ0v) is 18.4. The Morgan fingerprint density at radius 1 is 0.939 bits per heavy atom. The molecule has 33 heavy (non-hydrogen) atoms.